The van der Waals surface area contributed by atoms with Crippen LogP contribution in [0.5, 0.6) is 0 Å². The molecule has 1 fully saturated rings. The van der Waals surface area contributed by atoms with E-state index in [0.29, 0.717) is 23.8 Å². The third-order valence-corrected chi connectivity index (χ3v) is 6.70. The van der Waals surface area contributed by atoms with E-state index in [0.717, 1.165) is 42.8 Å². The number of carbonyl (C=O) groups excluding carboxylic acids is 1. The molecule has 1 N–H and O–H groups in total. The van der Waals surface area contributed by atoms with Gasteiger partial charge in [0, 0.05) is 23.0 Å². The number of hydrogen-bond donors (Lipinski definition) is 1. The van der Waals surface area contributed by atoms with Crippen LogP contribution in [0.1, 0.15) is 47.1 Å². The zero-order valence-electron chi connectivity index (χ0n) is 17.7. The van der Waals surface area contributed by atoms with Gasteiger partial charge in [-0.05, 0) is 37.9 Å². The molecule has 0 spiro atoms. The molecule has 33 heavy (non-hydrogen) atoms. The SMILES string of the molecule is CC[C@@H]1CCCN1Cc1sc(NC(=O)c2cnc(Cl)cn2)nc1-c1cccc(C(F)(F)F)c1. The third-order valence-electron chi connectivity index (χ3n) is 5.55. The van der Waals surface area contributed by atoms with E-state index in [9.17, 15) is 18.0 Å². The molecular weight excluding hydrogens is 475 g/mol. The predicted octanol–water partition coefficient (Wildman–Crippen LogP) is 5.90. The van der Waals surface area contributed by atoms with Gasteiger partial charge >= 0.3 is 6.18 Å². The standard InChI is InChI=1S/C22H21ClF3N5OS/c1-2-15-7-4-8-31(15)12-17-19(13-5-3-6-14(9-13)22(24,25)26)29-21(33-17)30-20(32)16-10-28-18(23)11-27-16/h3,5-6,9-11,15H,2,4,7-8,12H2,1H3,(H,29,30,32)/t15-/m1/s1. The fourth-order valence-electron chi connectivity index (χ4n) is 3.92. The molecule has 0 bridgehead atoms. The van der Waals surface area contributed by atoms with Crippen molar-refractivity contribution in [3.63, 3.8) is 0 Å². The molecule has 1 atom stereocenters. The van der Waals surface area contributed by atoms with Crippen LogP contribution in [0.3, 0.4) is 0 Å². The molecule has 3 heterocycles. The molecule has 174 valence electrons. The van der Waals surface area contributed by atoms with E-state index in [-0.39, 0.29) is 16.0 Å². The summed E-state index contributed by atoms with van der Waals surface area (Å²) in [7, 11) is 0. The number of carbonyl (C=O) groups is 1. The van der Waals surface area contributed by atoms with Gasteiger partial charge in [-0.1, -0.05) is 42.0 Å². The average Bonchev–Trinajstić information content (AvgIpc) is 3.40. The zero-order valence-corrected chi connectivity index (χ0v) is 19.3. The molecule has 3 aromatic rings. The minimum atomic E-state index is -4.46. The van der Waals surface area contributed by atoms with Crippen molar-refractivity contribution in [3.05, 3.63) is 57.9 Å². The molecule has 0 aliphatic carbocycles. The highest BCUT2D eigenvalue weighted by atomic mass is 35.5. The second-order valence-electron chi connectivity index (χ2n) is 7.72. The van der Waals surface area contributed by atoms with Crippen LogP contribution < -0.4 is 5.32 Å². The summed E-state index contributed by atoms with van der Waals surface area (Å²) in [5.74, 6) is -0.525. The highest BCUT2D eigenvalue weighted by Gasteiger charge is 2.31. The van der Waals surface area contributed by atoms with Gasteiger partial charge in [-0.2, -0.15) is 13.2 Å². The van der Waals surface area contributed by atoms with Gasteiger partial charge < -0.3 is 0 Å². The number of anilines is 1. The Morgan fingerprint density at radius 3 is 2.82 bits per heavy atom. The topological polar surface area (TPSA) is 71.0 Å². The average molecular weight is 496 g/mol. The Labute approximate surface area is 197 Å². The molecule has 4 rings (SSSR count). The van der Waals surface area contributed by atoms with Crippen molar-refractivity contribution in [2.24, 2.45) is 0 Å². The fourth-order valence-corrected chi connectivity index (χ4v) is 5.02. The second-order valence-corrected chi connectivity index (χ2v) is 9.19. The quantitative estimate of drug-likeness (QED) is 0.461. The summed E-state index contributed by atoms with van der Waals surface area (Å²) in [6.07, 6.45) is 1.21. The first kappa shape index (κ1) is 23.6. The number of likely N-dealkylation sites (tertiary alicyclic amines) is 1. The molecule has 2 aromatic heterocycles. The molecule has 0 radical (unpaired) electrons. The number of aromatic nitrogens is 3. The lowest BCUT2D eigenvalue weighted by atomic mass is 10.1. The second kappa shape index (κ2) is 9.74. The first-order valence-electron chi connectivity index (χ1n) is 10.4. The minimum Gasteiger partial charge on any atom is -0.296 e. The van der Waals surface area contributed by atoms with Crippen molar-refractivity contribution in [2.75, 3.05) is 11.9 Å². The van der Waals surface area contributed by atoms with Gasteiger partial charge in [0.15, 0.2) is 5.13 Å². The van der Waals surface area contributed by atoms with Crippen molar-refractivity contribution in [3.8, 4) is 11.3 Å². The van der Waals surface area contributed by atoms with Crippen LogP contribution >= 0.6 is 22.9 Å². The van der Waals surface area contributed by atoms with E-state index in [1.807, 2.05) is 0 Å². The highest BCUT2D eigenvalue weighted by molar-refractivity contribution is 7.16. The number of hydrogen-bond acceptors (Lipinski definition) is 6. The summed E-state index contributed by atoms with van der Waals surface area (Å²) in [6, 6.07) is 5.52. The highest BCUT2D eigenvalue weighted by Crippen LogP contribution is 2.37. The van der Waals surface area contributed by atoms with Gasteiger partial charge in [0.2, 0.25) is 0 Å². The maximum absolute atomic E-state index is 13.3. The normalized spacial score (nSPS) is 16.8. The molecule has 1 amide bonds. The van der Waals surface area contributed by atoms with Crippen molar-refractivity contribution in [1.82, 2.24) is 19.9 Å². The first-order valence-corrected chi connectivity index (χ1v) is 11.6. The minimum absolute atomic E-state index is 0.0577. The van der Waals surface area contributed by atoms with Crippen molar-refractivity contribution >= 4 is 34.0 Å². The van der Waals surface area contributed by atoms with E-state index in [1.165, 1.54) is 29.8 Å². The largest absolute Gasteiger partial charge is 0.416 e. The lowest BCUT2D eigenvalue weighted by Crippen LogP contribution is -2.28. The fraction of sp³-hybridized carbons (Fsp3) is 0.364. The lowest BCUT2D eigenvalue weighted by molar-refractivity contribution is -0.137. The summed E-state index contributed by atoms with van der Waals surface area (Å²) < 4.78 is 39.9. The molecule has 0 unspecified atom stereocenters. The van der Waals surface area contributed by atoms with Gasteiger partial charge in [0.05, 0.1) is 23.7 Å². The van der Waals surface area contributed by atoms with Crippen LogP contribution in [0.25, 0.3) is 11.3 Å². The number of halogens is 4. The van der Waals surface area contributed by atoms with E-state index >= 15 is 0 Å². The number of amides is 1. The van der Waals surface area contributed by atoms with Crippen LogP contribution in [-0.2, 0) is 12.7 Å². The number of alkyl halides is 3. The number of nitrogens with zero attached hydrogens (tertiary/aromatic N) is 4. The van der Waals surface area contributed by atoms with Crippen LogP contribution in [0, 0.1) is 0 Å². The zero-order chi connectivity index (χ0) is 23.6. The molecular formula is C22H21ClF3N5OS. The first-order chi connectivity index (χ1) is 15.7. The maximum Gasteiger partial charge on any atom is 0.416 e. The molecule has 1 saturated heterocycles. The summed E-state index contributed by atoms with van der Waals surface area (Å²) in [5, 5.41) is 3.13. The summed E-state index contributed by atoms with van der Waals surface area (Å²) in [6.45, 7) is 3.60. The Kier molecular flexibility index (Phi) is 6.96. The van der Waals surface area contributed by atoms with Crippen molar-refractivity contribution in [1.29, 1.82) is 0 Å². The summed E-state index contributed by atoms with van der Waals surface area (Å²) in [5.41, 5.74) is 0.108. The van der Waals surface area contributed by atoms with Crippen molar-refractivity contribution < 1.29 is 18.0 Å². The van der Waals surface area contributed by atoms with Gasteiger partial charge in [-0.25, -0.2) is 15.0 Å². The summed E-state index contributed by atoms with van der Waals surface area (Å²) >= 11 is 6.97. The van der Waals surface area contributed by atoms with Crippen LogP contribution in [-0.4, -0.2) is 38.3 Å². The monoisotopic (exact) mass is 495 g/mol. The Hall–Kier alpha value is -2.56. The summed E-state index contributed by atoms with van der Waals surface area (Å²) in [4.78, 5) is 28.0. The number of rotatable bonds is 6. The Balaban J connectivity index is 1.67. The molecule has 1 aromatic carbocycles. The third kappa shape index (κ3) is 5.51. The number of nitrogens with one attached hydrogen (secondary N) is 1. The smallest absolute Gasteiger partial charge is 0.296 e. The van der Waals surface area contributed by atoms with Crippen LogP contribution in [0.4, 0.5) is 18.3 Å². The molecule has 6 nitrogen and oxygen atoms in total. The Morgan fingerprint density at radius 2 is 2.12 bits per heavy atom. The van der Waals surface area contributed by atoms with Crippen LogP contribution in [0.2, 0.25) is 5.15 Å². The van der Waals surface area contributed by atoms with Gasteiger partial charge in [-0.3, -0.25) is 15.0 Å². The van der Waals surface area contributed by atoms with E-state index in [2.05, 4.69) is 32.1 Å². The molecule has 0 saturated carbocycles. The van der Waals surface area contributed by atoms with Gasteiger partial charge in [0.25, 0.3) is 5.91 Å². The van der Waals surface area contributed by atoms with Crippen LogP contribution in [0.15, 0.2) is 36.7 Å². The van der Waals surface area contributed by atoms with Gasteiger partial charge in [-0.15, -0.1) is 0 Å². The van der Waals surface area contributed by atoms with Crippen molar-refractivity contribution in [2.45, 2.75) is 44.9 Å². The Morgan fingerprint density at radius 1 is 1.30 bits per heavy atom. The molecule has 1 aliphatic rings. The van der Waals surface area contributed by atoms with E-state index < -0.39 is 17.6 Å². The van der Waals surface area contributed by atoms with E-state index in [1.54, 1.807) is 6.07 Å². The predicted molar refractivity (Wildman–Crippen MR) is 121 cm³/mol. The molecule has 1 aliphatic heterocycles. The van der Waals surface area contributed by atoms with E-state index in [4.69, 9.17) is 11.6 Å². The molecule has 11 heteroatoms. The maximum atomic E-state index is 13.3. The van der Waals surface area contributed by atoms with Gasteiger partial charge in [0.1, 0.15) is 10.8 Å². The lowest BCUT2D eigenvalue weighted by Gasteiger charge is -2.22. The number of benzene rings is 1. The Bertz CT molecular complexity index is 1140. The number of thiazole rings is 1.